The molecule has 18 heavy (non-hydrogen) atoms. The van der Waals surface area contributed by atoms with Crippen molar-refractivity contribution in [2.45, 2.75) is 6.61 Å². The van der Waals surface area contributed by atoms with Crippen LogP contribution < -0.4 is 0 Å². The van der Waals surface area contributed by atoms with E-state index in [0.717, 1.165) is 22.5 Å². The van der Waals surface area contributed by atoms with Crippen LogP contribution in [0.25, 0.3) is 16.9 Å². The molecular formula is C14H13N3O. The van der Waals surface area contributed by atoms with Gasteiger partial charge in [0.05, 0.1) is 12.3 Å². The van der Waals surface area contributed by atoms with Gasteiger partial charge in [-0.2, -0.15) is 5.10 Å². The Morgan fingerprint density at radius 3 is 2.89 bits per heavy atom. The molecule has 0 aliphatic heterocycles. The molecule has 1 aromatic carbocycles. The summed E-state index contributed by atoms with van der Waals surface area (Å²) in [5.41, 5.74) is 4.14. The van der Waals surface area contributed by atoms with Gasteiger partial charge in [0.1, 0.15) is 6.33 Å². The molecule has 90 valence electrons. The van der Waals surface area contributed by atoms with Gasteiger partial charge in [0.2, 0.25) is 0 Å². The molecule has 0 N–H and O–H groups in total. The zero-order valence-corrected chi connectivity index (χ0v) is 10.1. The first-order valence-corrected chi connectivity index (χ1v) is 5.76. The summed E-state index contributed by atoms with van der Waals surface area (Å²) in [5.74, 6) is 0. The highest BCUT2D eigenvalue weighted by molar-refractivity contribution is 5.66. The third-order valence-corrected chi connectivity index (χ3v) is 2.89. The second-order valence-electron chi connectivity index (χ2n) is 4.03. The summed E-state index contributed by atoms with van der Waals surface area (Å²) in [5, 5.41) is 4.26. The number of aromatic nitrogens is 3. The summed E-state index contributed by atoms with van der Waals surface area (Å²) < 4.78 is 7.08. The maximum atomic E-state index is 5.24. The van der Waals surface area contributed by atoms with E-state index in [1.807, 2.05) is 34.8 Å². The Labute approximate surface area is 105 Å². The Hall–Kier alpha value is -2.20. The lowest BCUT2D eigenvalue weighted by molar-refractivity contribution is 0.185. The van der Waals surface area contributed by atoms with Gasteiger partial charge in [-0.3, -0.25) is 0 Å². The Balaban J connectivity index is 2.23. The molecule has 0 aliphatic rings. The van der Waals surface area contributed by atoms with Crippen molar-refractivity contribution < 1.29 is 4.74 Å². The van der Waals surface area contributed by atoms with Gasteiger partial charge in [-0.25, -0.2) is 9.50 Å². The maximum Gasteiger partial charge on any atom is 0.155 e. The van der Waals surface area contributed by atoms with E-state index in [0.29, 0.717) is 6.61 Å². The van der Waals surface area contributed by atoms with Crippen LogP contribution in [-0.2, 0) is 11.3 Å². The number of fused-ring (bicyclic) bond motifs is 1. The van der Waals surface area contributed by atoms with E-state index >= 15 is 0 Å². The minimum absolute atomic E-state index is 0.585. The van der Waals surface area contributed by atoms with E-state index in [1.54, 1.807) is 13.4 Å². The predicted molar refractivity (Wildman–Crippen MR) is 69.1 cm³/mol. The molecule has 4 heteroatoms. The van der Waals surface area contributed by atoms with Gasteiger partial charge in [0, 0.05) is 12.7 Å². The molecular weight excluding hydrogens is 226 g/mol. The van der Waals surface area contributed by atoms with Gasteiger partial charge in [-0.15, -0.1) is 0 Å². The first kappa shape index (κ1) is 10.9. The van der Waals surface area contributed by atoms with Gasteiger partial charge in [-0.05, 0) is 17.7 Å². The summed E-state index contributed by atoms with van der Waals surface area (Å²) >= 11 is 0. The van der Waals surface area contributed by atoms with Crippen LogP contribution in [-0.4, -0.2) is 21.7 Å². The third-order valence-electron chi connectivity index (χ3n) is 2.89. The largest absolute Gasteiger partial charge is 0.380 e. The molecule has 3 rings (SSSR count). The molecule has 0 fully saturated rings. The number of pyridine rings is 1. The lowest BCUT2D eigenvalue weighted by Crippen LogP contribution is -1.98. The van der Waals surface area contributed by atoms with Crippen molar-refractivity contribution >= 4 is 5.65 Å². The highest BCUT2D eigenvalue weighted by Gasteiger charge is 2.08. The number of ether oxygens (including phenoxy) is 1. The summed E-state index contributed by atoms with van der Waals surface area (Å²) in [4.78, 5) is 4.20. The minimum Gasteiger partial charge on any atom is -0.380 e. The van der Waals surface area contributed by atoms with Gasteiger partial charge in [0.25, 0.3) is 0 Å². The quantitative estimate of drug-likeness (QED) is 0.705. The van der Waals surface area contributed by atoms with E-state index in [2.05, 4.69) is 22.2 Å². The van der Waals surface area contributed by atoms with Gasteiger partial charge >= 0.3 is 0 Å². The van der Waals surface area contributed by atoms with Crippen molar-refractivity contribution in [3.05, 3.63) is 54.4 Å². The van der Waals surface area contributed by atoms with Crippen LogP contribution in [0.5, 0.6) is 0 Å². The molecule has 2 heterocycles. The predicted octanol–water partition coefficient (Wildman–Crippen LogP) is 2.54. The second kappa shape index (κ2) is 4.58. The molecule has 3 aromatic rings. The van der Waals surface area contributed by atoms with Crippen molar-refractivity contribution in [2.75, 3.05) is 7.11 Å². The van der Waals surface area contributed by atoms with Crippen LogP contribution in [0, 0.1) is 0 Å². The van der Waals surface area contributed by atoms with Crippen LogP contribution >= 0.6 is 0 Å². The fourth-order valence-electron chi connectivity index (χ4n) is 2.10. The monoisotopic (exact) mass is 239 g/mol. The standard InChI is InChI=1S/C14H13N3O/c1-18-9-11-5-2-3-6-12(11)13-7-4-8-14-15-10-16-17(13)14/h2-8,10H,9H2,1H3. The average molecular weight is 239 g/mol. The molecule has 0 amide bonds. The Morgan fingerprint density at radius 1 is 1.11 bits per heavy atom. The van der Waals surface area contributed by atoms with E-state index in [9.17, 15) is 0 Å². The number of benzene rings is 1. The molecule has 0 bridgehead atoms. The summed E-state index contributed by atoms with van der Waals surface area (Å²) in [6.07, 6.45) is 1.57. The number of hydrogen-bond donors (Lipinski definition) is 0. The SMILES string of the molecule is COCc1ccccc1-c1cccc2ncnn12. The van der Waals surface area contributed by atoms with Gasteiger partial charge in [0.15, 0.2) is 5.65 Å². The van der Waals surface area contributed by atoms with Crippen LogP contribution in [0.2, 0.25) is 0 Å². The molecule has 0 aliphatic carbocycles. The molecule has 0 radical (unpaired) electrons. The lowest BCUT2D eigenvalue weighted by atomic mass is 10.0. The van der Waals surface area contributed by atoms with Crippen LogP contribution in [0.3, 0.4) is 0 Å². The lowest BCUT2D eigenvalue weighted by Gasteiger charge is -2.09. The fourth-order valence-corrected chi connectivity index (χ4v) is 2.10. The van der Waals surface area contributed by atoms with E-state index in [-0.39, 0.29) is 0 Å². The zero-order valence-electron chi connectivity index (χ0n) is 10.1. The Bertz CT molecular complexity index is 675. The molecule has 4 nitrogen and oxygen atoms in total. The molecule has 2 aromatic heterocycles. The summed E-state index contributed by atoms with van der Waals surface area (Å²) in [7, 11) is 1.70. The van der Waals surface area contributed by atoms with E-state index in [4.69, 9.17) is 4.74 Å². The number of rotatable bonds is 3. The Kier molecular flexibility index (Phi) is 2.78. The number of hydrogen-bond acceptors (Lipinski definition) is 3. The molecule has 0 spiro atoms. The molecule has 0 saturated carbocycles. The van der Waals surface area contributed by atoms with Gasteiger partial charge in [-0.1, -0.05) is 30.3 Å². The first-order chi connectivity index (χ1) is 8.90. The third kappa shape index (κ3) is 1.76. The van der Waals surface area contributed by atoms with Crippen molar-refractivity contribution in [2.24, 2.45) is 0 Å². The second-order valence-corrected chi connectivity index (χ2v) is 4.03. The van der Waals surface area contributed by atoms with E-state index < -0.39 is 0 Å². The smallest absolute Gasteiger partial charge is 0.155 e. The summed E-state index contributed by atoms with van der Waals surface area (Å²) in [6, 6.07) is 14.1. The Morgan fingerprint density at radius 2 is 2.00 bits per heavy atom. The highest BCUT2D eigenvalue weighted by atomic mass is 16.5. The number of methoxy groups -OCH3 is 1. The van der Waals surface area contributed by atoms with Crippen molar-refractivity contribution in [3.63, 3.8) is 0 Å². The average Bonchev–Trinajstić information content (AvgIpc) is 2.88. The van der Waals surface area contributed by atoms with Crippen molar-refractivity contribution in [1.82, 2.24) is 14.6 Å². The van der Waals surface area contributed by atoms with Crippen LogP contribution in [0.4, 0.5) is 0 Å². The van der Waals surface area contributed by atoms with Crippen molar-refractivity contribution in [1.29, 1.82) is 0 Å². The first-order valence-electron chi connectivity index (χ1n) is 5.76. The normalized spacial score (nSPS) is 10.9. The van der Waals surface area contributed by atoms with Gasteiger partial charge < -0.3 is 4.74 Å². The molecule has 0 unspecified atom stereocenters. The fraction of sp³-hybridized carbons (Fsp3) is 0.143. The number of nitrogens with zero attached hydrogens (tertiary/aromatic N) is 3. The van der Waals surface area contributed by atoms with Crippen LogP contribution in [0.15, 0.2) is 48.8 Å². The molecule has 0 atom stereocenters. The van der Waals surface area contributed by atoms with Crippen LogP contribution in [0.1, 0.15) is 5.56 Å². The minimum atomic E-state index is 0.585. The highest BCUT2D eigenvalue weighted by Crippen LogP contribution is 2.24. The van der Waals surface area contributed by atoms with E-state index in [1.165, 1.54) is 0 Å². The maximum absolute atomic E-state index is 5.24. The summed E-state index contributed by atoms with van der Waals surface area (Å²) in [6.45, 7) is 0.585. The molecule has 0 saturated heterocycles. The topological polar surface area (TPSA) is 39.4 Å². The zero-order chi connectivity index (χ0) is 12.4. The van der Waals surface area contributed by atoms with Crippen molar-refractivity contribution in [3.8, 4) is 11.3 Å².